The van der Waals surface area contributed by atoms with Crippen LogP contribution in [0.3, 0.4) is 0 Å². The molecule has 0 aliphatic carbocycles. The van der Waals surface area contributed by atoms with Gasteiger partial charge in [-0.2, -0.15) is 0 Å². The van der Waals surface area contributed by atoms with E-state index < -0.39 is 0 Å². The van der Waals surface area contributed by atoms with Crippen LogP contribution in [0.1, 0.15) is 56.8 Å². The number of hydrogen-bond donors (Lipinski definition) is 0. The Bertz CT molecular complexity index is 477. The molecule has 4 heteroatoms. The molecule has 1 aromatic heterocycles. The van der Waals surface area contributed by atoms with Crippen LogP contribution < -0.4 is 4.74 Å². The fourth-order valence-electron chi connectivity index (χ4n) is 3.36. The van der Waals surface area contributed by atoms with Crippen LogP contribution in [0.5, 0.6) is 5.75 Å². The van der Waals surface area contributed by atoms with Gasteiger partial charge in [-0.05, 0) is 51.8 Å². The number of pyridine rings is 1. The SMILES string of the molecule is CCOc1cncc(C(=O)C(CC)(CC)N2CCCC2)c1. The molecule has 1 aromatic rings. The molecule has 1 fully saturated rings. The molecule has 0 bridgehead atoms. The summed E-state index contributed by atoms with van der Waals surface area (Å²) in [5.74, 6) is 0.856. The predicted octanol–water partition coefficient (Wildman–Crippen LogP) is 3.32. The van der Waals surface area contributed by atoms with E-state index in [1.807, 2.05) is 13.0 Å². The molecule has 2 heterocycles. The normalized spacial score (nSPS) is 16.1. The van der Waals surface area contributed by atoms with Crippen LogP contribution in [0.15, 0.2) is 18.5 Å². The van der Waals surface area contributed by atoms with Crippen LogP contribution in [-0.2, 0) is 0 Å². The molecule has 2 rings (SSSR count). The summed E-state index contributed by atoms with van der Waals surface area (Å²) in [5.41, 5.74) is 0.278. The van der Waals surface area contributed by atoms with Gasteiger partial charge in [-0.25, -0.2) is 0 Å². The molecular formula is C17H26N2O2. The lowest BCUT2D eigenvalue weighted by Crippen LogP contribution is -2.52. The molecule has 0 atom stereocenters. The number of carbonyl (C=O) groups excluding carboxylic acids is 1. The first-order valence-corrected chi connectivity index (χ1v) is 8.05. The summed E-state index contributed by atoms with van der Waals surface area (Å²) in [4.78, 5) is 19.7. The van der Waals surface area contributed by atoms with Gasteiger partial charge >= 0.3 is 0 Å². The van der Waals surface area contributed by atoms with Gasteiger partial charge in [0.2, 0.25) is 0 Å². The smallest absolute Gasteiger partial charge is 0.184 e. The topological polar surface area (TPSA) is 42.4 Å². The van der Waals surface area contributed by atoms with Gasteiger partial charge < -0.3 is 4.74 Å². The van der Waals surface area contributed by atoms with E-state index in [4.69, 9.17) is 4.74 Å². The Kier molecular flexibility index (Phi) is 5.34. The van der Waals surface area contributed by atoms with Crippen molar-refractivity contribution in [3.05, 3.63) is 24.0 Å². The summed E-state index contributed by atoms with van der Waals surface area (Å²) >= 11 is 0. The molecule has 0 unspecified atom stereocenters. The van der Waals surface area contributed by atoms with E-state index in [1.165, 1.54) is 12.8 Å². The third-order valence-corrected chi connectivity index (χ3v) is 4.59. The summed E-state index contributed by atoms with van der Waals surface area (Å²) in [5, 5.41) is 0. The lowest BCUT2D eigenvalue weighted by atomic mass is 9.83. The zero-order chi connectivity index (χ0) is 15.3. The molecule has 0 amide bonds. The Morgan fingerprint density at radius 3 is 2.48 bits per heavy atom. The number of hydrogen-bond acceptors (Lipinski definition) is 4. The Morgan fingerprint density at radius 2 is 1.90 bits per heavy atom. The molecule has 21 heavy (non-hydrogen) atoms. The number of carbonyl (C=O) groups is 1. The van der Waals surface area contributed by atoms with E-state index in [0.717, 1.165) is 25.9 Å². The number of nitrogens with zero attached hydrogens (tertiary/aromatic N) is 2. The van der Waals surface area contributed by atoms with Crippen LogP contribution >= 0.6 is 0 Å². The maximum Gasteiger partial charge on any atom is 0.184 e. The zero-order valence-electron chi connectivity index (χ0n) is 13.4. The Hall–Kier alpha value is -1.42. The summed E-state index contributed by atoms with van der Waals surface area (Å²) in [6.45, 7) is 8.77. The second kappa shape index (κ2) is 7.03. The van der Waals surface area contributed by atoms with Crippen LogP contribution in [0.2, 0.25) is 0 Å². The largest absolute Gasteiger partial charge is 0.492 e. The van der Waals surface area contributed by atoms with Gasteiger partial charge in [-0.15, -0.1) is 0 Å². The summed E-state index contributed by atoms with van der Waals surface area (Å²) < 4.78 is 5.47. The van der Waals surface area contributed by atoms with Gasteiger partial charge in [0, 0.05) is 11.8 Å². The number of likely N-dealkylation sites (tertiary alicyclic amines) is 1. The molecule has 116 valence electrons. The monoisotopic (exact) mass is 290 g/mol. The minimum Gasteiger partial charge on any atom is -0.492 e. The number of Topliss-reactive ketones (excluding diaryl/α,β-unsaturated/α-hetero) is 1. The highest BCUT2D eigenvalue weighted by molar-refractivity contribution is 6.03. The quantitative estimate of drug-likeness (QED) is 0.722. The van der Waals surface area contributed by atoms with Crippen LogP contribution in [0.25, 0.3) is 0 Å². The average Bonchev–Trinajstić information content (AvgIpc) is 3.04. The molecule has 0 saturated carbocycles. The van der Waals surface area contributed by atoms with Crippen molar-refractivity contribution in [3.8, 4) is 5.75 Å². The lowest BCUT2D eigenvalue weighted by molar-refractivity contribution is 0.0580. The van der Waals surface area contributed by atoms with Crippen molar-refractivity contribution in [3.63, 3.8) is 0 Å². The van der Waals surface area contributed by atoms with Crippen molar-refractivity contribution in [2.45, 2.75) is 52.0 Å². The molecular weight excluding hydrogens is 264 g/mol. The minimum atomic E-state index is -0.386. The first-order chi connectivity index (χ1) is 10.2. The van der Waals surface area contributed by atoms with Crippen LogP contribution in [-0.4, -0.2) is 40.9 Å². The van der Waals surface area contributed by atoms with Crippen molar-refractivity contribution in [1.29, 1.82) is 0 Å². The minimum absolute atomic E-state index is 0.184. The van der Waals surface area contributed by atoms with Crippen molar-refractivity contribution in [1.82, 2.24) is 9.88 Å². The Labute approximate surface area is 127 Å². The van der Waals surface area contributed by atoms with E-state index >= 15 is 0 Å². The molecule has 0 aromatic carbocycles. The van der Waals surface area contributed by atoms with Crippen LogP contribution in [0, 0.1) is 0 Å². The third-order valence-electron chi connectivity index (χ3n) is 4.59. The van der Waals surface area contributed by atoms with Crippen molar-refractivity contribution in [2.75, 3.05) is 19.7 Å². The third kappa shape index (κ3) is 3.10. The first kappa shape index (κ1) is 16.0. The zero-order valence-corrected chi connectivity index (χ0v) is 13.4. The van der Waals surface area contributed by atoms with Crippen molar-refractivity contribution >= 4 is 5.78 Å². The summed E-state index contributed by atoms with van der Waals surface area (Å²) in [6, 6.07) is 1.83. The Balaban J connectivity index is 2.31. The highest BCUT2D eigenvalue weighted by Gasteiger charge is 2.42. The number of aromatic nitrogens is 1. The summed E-state index contributed by atoms with van der Waals surface area (Å²) in [7, 11) is 0. The Morgan fingerprint density at radius 1 is 1.24 bits per heavy atom. The van der Waals surface area contributed by atoms with Gasteiger partial charge in [0.15, 0.2) is 5.78 Å². The summed E-state index contributed by atoms with van der Waals surface area (Å²) in [6.07, 6.45) is 7.37. The molecule has 0 radical (unpaired) electrons. The van der Waals surface area contributed by atoms with E-state index in [-0.39, 0.29) is 11.3 Å². The van der Waals surface area contributed by atoms with Gasteiger partial charge in [-0.3, -0.25) is 14.7 Å². The molecule has 1 aliphatic heterocycles. The van der Waals surface area contributed by atoms with Crippen molar-refractivity contribution < 1.29 is 9.53 Å². The highest BCUT2D eigenvalue weighted by atomic mass is 16.5. The van der Waals surface area contributed by atoms with Gasteiger partial charge in [0.25, 0.3) is 0 Å². The second-order valence-corrected chi connectivity index (χ2v) is 5.60. The van der Waals surface area contributed by atoms with E-state index in [9.17, 15) is 4.79 Å². The maximum atomic E-state index is 13.1. The van der Waals surface area contributed by atoms with Crippen LogP contribution in [0.4, 0.5) is 0 Å². The van der Waals surface area contributed by atoms with E-state index in [1.54, 1.807) is 12.4 Å². The lowest BCUT2D eigenvalue weighted by Gasteiger charge is -2.39. The molecule has 4 nitrogen and oxygen atoms in total. The van der Waals surface area contributed by atoms with E-state index in [0.29, 0.717) is 17.9 Å². The highest BCUT2D eigenvalue weighted by Crippen LogP contribution is 2.32. The number of ether oxygens (including phenoxy) is 1. The maximum absolute atomic E-state index is 13.1. The second-order valence-electron chi connectivity index (χ2n) is 5.60. The van der Waals surface area contributed by atoms with Gasteiger partial charge in [0.1, 0.15) is 5.75 Å². The fourth-order valence-corrected chi connectivity index (χ4v) is 3.36. The molecule has 1 saturated heterocycles. The average molecular weight is 290 g/mol. The van der Waals surface area contributed by atoms with Crippen molar-refractivity contribution in [2.24, 2.45) is 0 Å². The van der Waals surface area contributed by atoms with E-state index in [2.05, 4.69) is 23.7 Å². The number of rotatable bonds is 7. The number of ketones is 1. The fraction of sp³-hybridized carbons (Fsp3) is 0.647. The first-order valence-electron chi connectivity index (χ1n) is 8.05. The van der Waals surface area contributed by atoms with Gasteiger partial charge in [0.05, 0.1) is 18.3 Å². The molecule has 1 aliphatic rings. The molecule has 0 spiro atoms. The predicted molar refractivity (Wildman–Crippen MR) is 83.9 cm³/mol. The van der Waals surface area contributed by atoms with Gasteiger partial charge in [-0.1, -0.05) is 13.8 Å². The molecule has 0 N–H and O–H groups in total. The standard InChI is InChI=1S/C17H26N2O2/c1-4-17(5-2,19-9-7-8-10-19)16(20)14-11-15(21-6-3)13-18-12-14/h11-13H,4-10H2,1-3H3.